The van der Waals surface area contributed by atoms with E-state index >= 15 is 0 Å². The Morgan fingerprint density at radius 1 is 1.62 bits per heavy atom. The summed E-state index contributed by atoms with van der Waals surface area (Å²) in [6, 6.07) is 0.283. The number of likely N-dealkylation sites (tertiary alicyclic amines) is 1. The van der Waals surface area contributed by atoms with Crippen molar-refractivity contribution in [3.05, 3.63) is 22.4 Å². The molecular formula is C15H24ClN3O2. The van der Waals surface area contributed by atoms with E-state index in [9.17, 15) is 4.79 Å². The molecule has 118 valence electrons. The summed E-state index contributed by atoms with van der Waals surface area (Å²) in [5, 5.41) is 3.45. The summed E-state index contributed by atoms with van der Waals surface area (Å²) in [7, 11) is 3.69. The summed E-state index contributed by atoms with van der Waals surface area (Å²) in [6.07, 6.45) is 5.49. The Hall–Kier alpha value is -1.04. The number of hydrogen-bond acceptors (Lipinski definition) is 4. The lowest BCUT2D eigenvalue weighted by Crippen LogP contribution is -2.34. The molecule has 0 aromatic rings. The Kier molecular flexibility index (Phi) is 5.67. The van der Waals surface area contributed by atoms with Gasteiger partial charge in [0.15, 0.2) is 0 Å². The Bertz CT molecular complexity index is 462. The van der Waals surface area contributed by atoms with Gasteiger partial charge >= 0.3 is 0 Å². The van der Waals surface area contributed by atoms with Crippen LogP contribution in [-0.2, 0) is 9.53 Å². The largest absolute Gasteiger partial charge is 0.500 e. The minimum Gasteiger partial charge on any atom is -0.500 e. The van der Waals surface area contributed by atoms with Crippen LogP contribution < -0.4 is 11.1 Å². The average molecular weight is 314 g/mol. The van der Waals surface area contributed by atoms with Gasteiger partial charge in [-0.2, -0.15) is 0 Å². The standard InChI is InChI=1S/C15H24ClN3O2/c1-19-7-3-4-10(19)5-6-18-15(20)11-8-12(16)13(17)9-14(11)21-2/h8,10,13H,3-7,9,17H2,1-2H3,(H,18,20). The summed E-state index contributed by atoms with van der Waals surface area (Å²) < 4.78 is 5.27. The van der Waals surface area contributed by atoms with Gasteiger partial charge in [-0.25, -0.2) is 0 Å². The van der Waals surface area contributed by atoms with Crippen LogP contribution in [0.4, 0.5) is 0 Å². The molecule has 2 aliphatic rings. The number of rotatable bonds is 5. The maximum absolute atomic E-state index is 12.3. The molecular weight excluding hydrogens is 290 g/mol. The molecule has 0 radical (unpaired) electrons. The van der Waals surface area contributed by atoms with Crippen molar-refractivity contribution in [2.24, 2.45) is 5.73 Å². The van der Waals surface area contributed by atoms with E-state index in [-0.39, 0.29) is 11.9 Å². The number of nitrogens with zero attached hydrogens (tertiary/aromatic N) is 1. The van der Waals surface area contributed by atoms with Gasteiger partial charge in [0.25, 0.3) is 5.91 Å². The Labute approximate surface area is 131 Å². The highest BCUT2D eigenvalue weighted by Crippen LogP contribution is 2.26. The second kappa shape index (κ2) is 7.29. The topological polar surface area (TPSA) is 67.6 Å². The monoisotopic (exact) mass is 313 g/mol. The SMILES string of the molecule is COC1=C(C(=O)NCCC2CCCN2C)C=C(Cl)C(N)C1. The zero-order valence-corrected chi connectivity index (χ0v) is 13.4. The molecule has 1 amide bonds. The number of carbonyl (C=O) groups is 1. The number of carbonyl (C=O) groups excluding carboxylic acids is 1. The van der Waals surface area contributed by atoms with E-state index in [1.165, 1.54) is 12.8 Å². The van der Waals surface area contributed by atoms with Crippen molar-refractivity contribution in [1.29, 1.82) is 0 Å². The maximum Gasteiger partial charge on any atom is 0.254 e. The molecule has 3 N–H and O–H groups in total. The number of ether oxygens (including phenoxy) is 1. The Morgan fingerprint density at radius 2 is 2.38 bits per heavy atom. The number of nitrogens with one attached hydrogen (secondary N) is 1. The number of halogens is 1. The second-order valence-electron chi connectivity index (χ2n) is 5.70. The molecule has 0 aromatic heterocycles. The molecule has 1 aliphatic carbocycles. The van der Waals surface area contributed by atoms with Crippen LogP contribution in [0.15, 0.2) is 22.4 Å². The van der Waals surface area contributed by atoms with Crippen molar-refractivity contribution < 1.29 is 9.53 Å². The van der Waals surface area contributed by atoms with Crippen molar-refractivity contribution in [1.82, 2.24) is 10.2 Å². The first-order valence-corrected chi connectivity index (χ1v) is 7.79. The molecule has 2 unspecified atom stereocenters. The van der Waals surface area contributed by atoms with E-state index < -0.39 is 0 Å². The number of amides is 1. The van der Waals surface area contributed by atoms with E-state index in [0.29, 0.717) is 35.4 Å². The van der Waals surface area contributed by atoms with Gasteiger partial charge in [-0.1, -0.05) is 11.6 Å². The van der Waals surface area contributed by atoms with E-state index in [1.54, 1.807) is 13.2 Å². The minimum absolute atomic E-state index is 0.141. The summed E-state index contributed by atoms with van der Waals surface area (Å²) in [4.78, 5) is 14.6. The average Bonchev–Trinajstić information content (AvgIpc) is 2.86. The van der Waals surface area contributed by atoms with Crippen LogP contribution in [-0.4, -0.2) is 50.1 Å². The quantitative estimate of drug-likeness (QED) is 0.804. The second-order valence-corrected chi connectivity index (χ2v) is 6.14. The summed E-state index contributed by atoms with van der Waals surface area (Å²) in [6.45, 7) is 1.81. The molecule has 0 bridgehead atoms. The molecule has 1 heterocycles. The van der Waals surface area contributed by atoms with Crippen molar-refractivity contribution in [2.75, 3.05) is 27.2 Å². The number of methoxy groups -OCH3 is 1. The minimum atomic E-state index is -0.287. The lowest BCUT2D eigenvalue weighted by molar-refractivity contribution is -0.117. The van der Waals surface area contributed by atoms with Gasteiger partial charge in [0.2, 0.25) is 0 Å². The van der Waals surface area contributed by atoms with E-state index in [1.807, 2.05) is 0 Å². The van der Waals surface area contributed by atoms with Crippen LogP contribution in [0.5, 0.6) is 0 Å². The van der Waals surface area contributed by atoms with Crippen molar-refractivity contribution in [2.45, 2.75) is 37.8 Å². The van der Waals surface area contributed by atoms with Gasteiger partial charge in [-0.05, 0) is 38.9 Å². The Balaban J connectivity index is 1.90. The maximum atomic E-state index is 12.3. The molecule has 2 rings (SSSR count). The normalized spacial score (nSPS) is 26.8. The van der Waals surface area contributed by atoms with Crippen LogP contribution in [0.25, 0.3) is 0 Å². The Morgan fingerprint density at radius 3 is 3.00 bits per heavy atom. The first-order chi connectivity index (χ1) is 10.0. The molecule has 0 spiro atoms. The van der Waals surface area contributed by atoms with Gasteiger partial charge in [0, 0.05) is 30.1 Å². The molecule has 0 aromatic carbocycles. The lowest BCUT2D eigenvalue weighted by Gasteiger charge is -2.22. The highest BCUT2D eigenvalue weighted by atomic mass is 35.5. The molecule has 5 nitrogen and oxygen atoms in total. The van der Waals surface area contributed by atoms with Gasteiger partial charge < -0.3 is 20.7 Å². The van der Waals surface area contributed by atoms with Crippen LogP contribution in [0, 0.1) is 0 Å². The molecule has 6 heteroatoms. The van der Waals surface area contributed by atoms with Gasteiger partial charge in [-0.15, -0.1) is 0 Å². The smallest absolute Gasteiger partial charge is 0.254 e. The molecule has 0 saturated carbocycles. The van der Waals surface area contributed by atoms with E-state index in [0.717, 1.165) is 13.0 Å². The fourth-order valence-electron chi connectivity index (χ4n) is 2.91. The summed E-state index contributed by atoms with van der Waals surface area (Å²) in [5.41, 5.74) is 6.34. The third kappa shape index (κ3) is 3.99. The third-order valence-electron chi connectivity index (χ3n) is 4.27. The van der Waals surface area contributed by atoms with Crippen molar-refractivity contribution in [3.8, 4) is 0 Å². The van der Waals surface area contributed by atoms with Crippen molar-refractivity contribution >= 4 is 17.5 Å². The zero-order chi connectivity index (χ0) is 15.4. The van der Waals surface area contributed by atoms with Gasteiger partial charge in [-0.3, -0.25) is 4.79 Å². The molecule has 1 fully saturated rings. The first-order valence-electron chi connectivity index (χ1n) is 7.41. The predicted octanol–water partition coefficient (Wildman–Crippen LogP) is 1.34. The molecule has 21 heavy (non-hydrogen) atoms. The fourth-order valence-corrected chi connectivity index (χ4v) is 3.10. The first kappa shape index (κ1) is 16.3. The van der Waals surface area contributed by atoms with Crippen LogP contribution in [0.2, 0.25) is 0 Å². The van der Waals surface area contributed by atoms with Crippen LogP contribution in [0.3, 0.4) is 0 Å². The highest BCUT2D eigenvalue weighted by molar-refractivity contribution is 6.31. The van der Waals surface area contributed by atoms with Gasteiger partial charge in [0.05, 0.1) is 12.7 Å². The molecule has 1 aliphatic heterocycles. The number of hydrogen-bond donors (Lipinski definition) is 2. The summed E-state index contributed by atoms with van der Waals surface area (Å²) >= 11 is 6.04. The number of nitrogens with two attached hydrogens (primary N) is 1. The lowest BCUT2D eigenvalue weighted by atomic mass is 10.0. The molecule has 1 saturated heterocycles. The van der Waals surface area contributed by atoms with Crippen LogP contribution >= 0.6 is 11.6 Å². The predicted molar refractivity (Wildman–Crippen MR) is 83.8 cm³/mol. The highest BCUT2D eigenvalue weighted by Gasteiger charge is 2.25. The van der Waals surface area contributed by atoms with Crippen molar-refractivity contribution in [3.63, 3.8) is 0 Å². The molecule has 2 atom stereocenters. The zero-order valence-electron chi connectivity index (χ0n) is 12.7. The van der Waals surface area contributed by atoms with E-state index in [4.69, 9.17) is 22.1 Å². The van der Waals surface area contributed by atoms with Crippen LogP contribution in [0.1, 0.15) is 25.7 Å². The van der Waals surface area contributed by atoms with E-state index in [2.05, 4.69) is 17.3 Å². The fraction of sp³-hybridized carbons (Fsp3) is 0.667. The summed E-state index contributed by atoms with van der Waals surface area (Å²) in [5.74, 6) is 0.458. The third-order valence-corrected chi connectivity index (χ3v) is 4.66. The van der Waals surface area contributed by atoms with Gasteiger partial charge in [0.1, 0.15) is 5.76 Å².